The molecule has 0 bridgehead atoms. The van der Waals surface area contributed by atoms with Gasteiger partial charge in [0.15, 0.2) is 11.5 Å². The van der Waals surface area contributed by atoms with Gasteiger partial charge in [-0.05, 0) is 28.4 Å². The summed E-state index contributed by atoms with van der Waals surface area (Å²) in [5.41, 5.74) is 9.46. The molecule has 0 radical (unpaired) electrons. The molecule has 0 aromatic carbocycles. The van der Waals surface area contributed by atoms with Crippen molar-refractivity contribution in [1.82, 2.24) is 14.4 Å². The minimum atomic E-state index is 0.414. The maximum Gasteiger partial charge on any atom is 0.181 e. The van der Waals surface area contributed by atoms with Crippen LogP contribution in [0.4, 0.5) is 5.82 Å². The number of hydrogen-bond donors (Lipinski definition) is 1. The lowest BCUT2D eigenvalue weighted by Crippen LogP contribution is -2.00. The molecule has 3 heterocycles. The van der Waals surface area contributed by atoms with Crippen LogP contribution in [0.3, 0.4) is 0 Å². The second-order valence-electron chi connectivity index (χ2n) is 4.54. The van der Waals surface area contributed by atoms with Crippen LogP contribution in [-0.2, 0) is 0 Å². The molecule has 0 aliphatic carbocycles. The summed E-state index contributed by atoms with van der Waals surface area (Å²) >= 11 is 3.48. The zero-order valence-corrected chi connectivity index (χ0v) is 12.6. The molecular formula is C14H14BrN5. The number of anilines is 1. The number of allylic oxidation sites excluding steroid dienone is 3. The van der Waals surface area contributed by atoms with Crippen LogP contribution in [0.1, 0.15) is 25.5 Å². The smallest absolute Gasteiger partial charge is 0.181 e. The highest BCUT2D eigenvalue weighted by Crippen LogP contribution is 2.26. The van der Waals surface area contributed by atoms with E-state index in [1.807, 2.05) is 10.6 Å². The van der Waals surface area contributed by atoms with Crippen molar-refractivity contribution < 1.29 is 0 Å². The number of nitrogens with two attached hydrogens (primary N) is 1. The number of aromatic nitrogens is 3. The van der Waals surface area contributed by atoms with E-state index in [-0.39, 0.29) is 0 Å². The van der Waals surface area contributed by atoms with Crippen LogP contribution in [0.2, 0.25) is 0 Å². The Morgan fingerprint density at radius 1 is 1.35 bits per heavy atom. The fourth-order valence-electron chi connectivity index (χ4n) is 2.11. The van der Waals surface area contributed by atoms with Crippen molar-refractivity contribution in [3.05, 3.63) is 40.5 Å². The Balaban J connectivity index is 2.09. The fraction of sp³-hybridized carbons (Fsp3) is 0.214. The van der Waals surface area contributed by atoms with Crippen LogP contribution in [0.25, 0.3) is 11.2 Å². The number of rotatable bonds is 3. The summed E-state index contributed by atoms with van der Waals surface area (Å²) in [6.45, 7) is 2.15. The molecule has 6 heteroatoms. The first-order valence-corrected chi connectivity index (χ1v) is 7.23. The predicted octanol–water partition coefficient (Wildman–Crippen LogP) is 3.23. The van der Waals surface area contributed by atoms with Gasteiger partial charge in [0, 0.05) is 11.8 Å². The topological polar surface area (TPSA) is 68.6 Å². The molecule has 1 aliphatic rings. The monoisotopic (exact) mass is 331 g/mol. The third-order valence-corrected chi connectivity index (χ3v) is 3.67. The zero-order chi connectivity index (χ0) is 14.1. The summed E-state index contributed by atoms with van der Waals surface area (Å²) in [6.07, 6.45) is 11.7. The van der Waals surface area contributed by atoms with Crippen molar-refractivity contribution >= 4 is 39.2 Å². The molecule has 5 nitrogen and oxygen atoms in total. The van der Waals surface area contributed by atoms with Crippen LogP contribution in [-0.4, -0.2) is 20.6 Å². The van der Waals surface area contributed by atoms with E-state index in [4.69, 9.17) is 5.73 Å². The molecule has 20 heavy (non-hydrogen) atoms. The Morgan fingerprint density at radius 2 is 2.20 bits per heavy atom. The van der Waals surface area contributed by atoms with E-state index in [9.17, 15) is 0 Å². The van der Waals surface area contributed by atoms with E-state index in [1.54, 1.807) is 12.4 Å². The van der Waals surface area contributed by atoms with E-state index >= 15 is 0 Å². The van der Waals surface area contributed by atoms with Crippen molar-refractivity contribution in [1.29, 1.82) is 0 Å². The van der Waals surface area contributed by atoms with Crippen LogP contribution in [0.5, 0.6) is 0 Å². The first kappa shape index (κ1) is 13.1. The molecule has 2 aromatic heterocycles. The van der Waals surface area contributed by atoms with E-state index < -0.39 is 0 Å². The summed E-state index contributed by atoms with van der Waals surface area (Å²) in [5, 5.41) is 0. The highest BCUT2D eigenvalue weighted by atomic mass is 79.9. The maximum absolute atomic E-state index is 5.85. The first-order valence-electron chi connectivity index (χ1n) is 6.44. The molecule has 3 rings (SSSR count). The van der Waals surface area contributed by atoms with Crippen LogP contribution < -0.4 is 5.73 Å². The van der Waals surface area contributed by atoms with Gasteiger partial charge in [-0.25, -0.2) is 9.97 Å². The number of fused-ring (bicyclic) bond motifs is 1. The number of halogens is 1. The van der Waals surface area contributed by atoms with Gasteiger partial charge < -0.3 is 5.73 Å². The molecule has 0 fully saturated rings. The van der Waals surface area contributed by atoms with Gasteiger partial charge in [-0.15, -0.1) is 0 Å². The Labute approximate surface area is 125 Å². The molecular weight excluding hydrogens is 318 g/mol. The van der Waals surface area contributed by atoms with Crippen LogP contribution in [0, 0.1) is 0 Å². The van der Waals surface area contributed by atoms with Gasteiger partial charge in [-0.3, -0.25) is 9.39 Å². The lowest BCUT2D eigenvalue weighted by atomic mass is 10.2. The number of hydrogen-bond acceptors (Lipinski definition) is 4. The van der Waals surface area contributed by atoms with Gasteiger partial charge in [0.2, 0.25) is 0 Å². The van der Waals surface area contributed by atoms with Crippen LogP contribution in [0.15, 0.2) is 39.8 Å². The minimum absolute atomic E-state index is 0.414. The average molecular weight is 332 g/mol. The van der Waals surface area contributed by atoms with Crippen molar-refractivity contribution in [2.75, 3.05) is 5.73 Å². The molecule has 102 valence electrons. The van der Waals surface area contributed by atoms with Gasteiger partial charge in [0.1, 0.15) is 4.60 Å². The van der Waals surface area contributed by atoms with E-state index in [0.717, 1.165) is 34.4 Å². The molecule has 0 amide bonds. The molecule has 0 saturated carbocycles. The third-order valence-electron chi connectivity index (χ3n) is 3.11. The Morgan fingerprint density at radius 3 is 3.00 bits per heavy atom. The van der Waals surface area contributed by atoms with E-state index in [1.165, 1.54) is 0 Å². The first-order chi connectivity index (χ1) is 9.70. The second-order valence-corrected chi connectivity index (χ2v) is 5.36. The van der Waals surface area contributed by atoms with Gasteiger partial charge in [-0.2, -0.15) is 0 Å². The Kier molecular flexibility index (Phi) is 3.40. The summed E-state index contributed by atoms with van der Waals surface area (Å²) in [5.74, 6) is 0.414. The average Bonchev–Trinajstić information content (AvgIpc) is 3.07. The number of aliphatic imine (C=N–C) groups is 1. The number of imidazole rings is 1. The third kappa shape index (κ3) is 2.16. The summed E-state index contributed by atoms with van der Waals surface area (Å²) < 4.78 is 2.75. The highest BCUT2D eigenvalue weighted by Gasteiger charge is 2.15. The van der Waals surface area contributed by atoms with Gasteiger partial charge >= 0.3 is 0 Å². The largest absolute Gasteiger partial charge is 0.381 e. The second kappa shape index (κ2) is 5.20. The van der Waals surface area contributed by atoms with E-state index in [0.29, 0.717) is 11.5 Å². The maximum atomic E-state index is 5.85. The molecule has 0 saturated heterocycles. The summed E-state index contributed by atoms with van der Waals surface area (Å²) in [6, 6.07) is 0. The van der Waals surface area contributed by atoms with Crippen LogP contribution >= 0.6 is 15.9 Å². The SMILES string of the molecule is CCC/C=C1/C=C(c2cnc3c(N)ncc(Br)n23)C=N1. The minimum Gasteiger partial charge on any atom is -0.381 e. The lowest BCUT2D eigenvalue weighted by molar-refractivity contribution is 0.951. The van der Waals surface area contributed by atoms with Crippen molar-refractivity contribution in [2.45, 2.75) is 19.8 Å². The van der Waals surface area contributed by atoms with Gasteiger partial charge in [0.25, 0.3) is 0 Å². The normalized spacial score (nSPS) is 16.3. The molecule has 0 spiro atoms. The highest BCUT2D eigenvalue weighted by molar-refractivity contribution is 9.10. The lowest BCUT2D eigenvalue weighted by Gasteiger charge is -2.04. The fourth-order valence-corrected chi connectivity index (χ4v) is 2.57. The predicted molar refractivity (Wildman–Crippen MR) is 84.6 cm³/mol. The Hall–Kier alpha value is -1.95. The standard InChI is InChI=1S/C14H14BrN5/c1-2-3-4-10-5-9(6-17-10)11-7-19-14-13(16)18-8-12(15)20(11)14/h4-8H,2-3H2,1H3,(H2,16,18)/b10-4-. The summed E-state index contributed by atoms with van der Waals surface area (Å²) in [4.78, 5) is 12.8. The van der Waals surface area contributed by atoms with Crippen molar-refractivity contribution in [2.24, 2.45) is 4.99 Å². The number of unbranched alkanes of at least 4 members (excludes halogenated alkanes) is 1. The van der Waals surface area contributed by atoms with Crippen molar-refractivity contribution in [3.63, 3.8) is 0 Å². The number of nitrogen functional groups attached to an aromatic ring is 1. The number of nitrogens with zero attached hydrogens (tertiary/aromatic N) is 4. The quantitative estimate of drug-likeness (QED) is 0.938. The molecule has 2 aromatic rings. The molecule has 2 N–H and O–H groups in total. The Bertz CT molecular complexity index is 754. The summed E-state index contributed by atoms with van der Waals surface area (Å²) in [7, 11) is 0. The van der Waals surface area contributed by atoms with E-state index in [2.05, 4.69) is 50.0 Å². The molecule has 0 atom stereocenters. The zero-order valence-electron chi connectivity index (χ0n) is 11.0. The molecule has 1 aliphatic heterocycles. The van der Waals surface area contributed by atoms with Crippen molar-refractivity contribution in [3.8, 4) is 0 Å². The molecule has 0 unspecified atom stereocenters. The van der Waals surface area contributed by atoms with Gasteiger partial charge in [-0.1, -0.05) is 19.4 Å². The van der Waals surface area contributed by atoms with Gasteiger partial charge in [0.05, 0.1) is 23.8 Å².